The molecule has 90 valence electrons. The molecule has 1 aliphatic heterocycles. The zero-order chi connectivity index (χ0) is 11.7. The van der Waals surface area contributed by atoms with Gasteiger partial charge in [-0.15, -0.1) is 0 Å². The van der Waals surface area contributed by atoms with Crippen LogP contribution in [0.1, 0.15) is 12.8 Å². The van der Waals surface area contributed by atoms with E-state index in [-0.39, 0.29) is 0 Å². The second-order valence-corrected chi connectivity index (χ2v) is 4.88. The van der Waals surface area contributed by atoms with Gasteiger partial charge in [0.05, 0.1) is 0 Å². The Morgan fingerprint density at radius 1 is 1.06 bits per heavy atom. The second kappa shape index (κ2) is 4.41. The first-order chi connectivity index (χ1) is 8.33. The Hall–Kier alpha value is -1.48. The van der Waals surface area contributed by atoms with E-state index in [9.17, 15) is 0 Å². The number of hydrogen-bond acceptors (Lipinski definition) is 2. The van der Waals surface area contributed by atoms with Gasteiger partial charge in [-0.05, 0) is 50.2 Å². The number of aromatic nitrogens is 1. The zero-order valence-electron chi connectivity index (χ0n) is 10.1. The van der Waals surface area contributed by atoms with E-state index in [2.05, 4.69) is 27.8 Å². The Balaban J connectivity index is 1.76. The van der Waals surface area contributed by atoms with Crippen LogP contribution in [0.4, 0.5) is 5.69 Å². The molecule has 1 fully saturated rings. The lowest BCUT2D eigenvalue weighted by Gasteiger charge is -2.15. The zero-order valence-corrected chi connectivity index (χ0v) is 10.1. The lowest BCUT2D eigenvalue weighted by molar-refractivity contribution is 0.324. The van der Waals surface area contributed by atoms with Gasteiger partial charge >= 0.3 is 0 Å². The van der Waals surface area contributed by atoms with Gasteiger partial charge in [-0.1, -0.05) is 0 Å². The van der Waals surface area contributed by atoms with Gasteiger partial charge in [0.2, 0.25) is 0 Å². The first-order valence-corrected chi connectivity index (χ1v) is 6.40. The highest BCUT2D eigenvalue weighted by molar-refractivity contribution is 5.83. The van der Waals surface area contributed by atoms with Gasteiger partial charge in [0.1, 0.15) is 0 Å². The Bertz CT molecular complexity index is 509. The van der Waals surface area contributed by atoms with Crippen molar-refractivity contribution in [3.63, 3.8) is 0 Å². The monoisotopic (exact) mass is 229 g/mol. The van der Waals surface area contributed by atoms with Gasteiger partial charge in [-0.25, -0.2) is 0 Å². The summed E-state index contributed by atoms with van der Waals surface area (Å²) in [5.74, 6) is 0. The summed E-state index contributed by atoms with van der Waals surface area (Å²) in [5, 5.41) is 1.24. The van der Waals surface area contributed by atoms with Crippen molar-refractivity contribution in [2.45, 2.75) is 19.4 Å². The van der Waals surface area contributed by atoms with Gasteiger partial charge in [-0.3, -0.25) is 0 Å². The van der Waals surface area contributed by atoms with Crippen molar-refractivity contribution < 1.29 is 0 Å². The van der Waals surface area contributed by atoms with E-state index < -0.39 is 0 Å². The molecule has 3 rings (SSSR count). The summed E-state index contributed by atoms with van der Waals surface area (Å²) in [5.41, 5.74) is 7.92. The van der Waals surface area contributed by atoms with Gasteiger partial charge in [-0.2, -0.15) is 0 Å². The minimum absolute atomic E-state index is 0.842. The lowest BCUT2D eigenvalue weighted by Crippen LogP contribution is -2.23. The van der Waals surface area contributed by atoms with E-state index in [1.807, 2.05) is 12.1 Å². The van der Waals surface area contributed by atoms with E-state index >= 15 is 0 Å². The van der Waals surface area contributed by atoms with Gasteiger partial charge in [0.25, 0.3) is 0 Å². The topological polar surface area (TPSA) is 34.2 Å². The van der Waals surface area contributed by atoms with E-state index in [4.69, 9.17) is 5.73 Å². The van der Waals surface area contributed by atoms with Crippen molar-refractivity contribution in [2.24, 2.45) is 0 Å². The number of anilines is 1. The van der Waals surface area contributed by atoms with Crippen LogP contribution in [-0.4, -0.2) is 29.1 Å². The van der Waals surface area contributed by atoms with Crippen LogP contribution in [0.5, 0.6) is 0 Å². The summed E-state index contributed by atoms with van der Waals surface area (Å²) in [6.45, 7) is 4.78. The molecule has 2 N–H and O–H groups in total. The number of nitrogens with zero attached hydrogens (tertiary/aromatic N) is 2. The van der Waals surface area contributed by atoms with E-state index in [1.165, 1.54) is 36.8 Å². The predicted octanol–water partition coefficient (Wildman–Crippen LogP) is 2.32. The van der Waals surface area contributed by atoms with E-state index in [1.54, 1.807) is 0 Å². The van der Waals surface area contributed by atoms with Crippen molar-refractivity contribution in [1.29, 1.82) is 0 Å². The van der Waals surface area contributed by atoms with Crippen LogP contribution >= 0.6 is 0 Å². The molecule has 0 unspecified atom stereocenters. The van der Waals surface area contributed by atoms with Crippen LogP contribution < -0.4 is 5.73 Å². The fourth-order valence-electron chi connectivity index (χ4n) is 2.67. The summed E-state index contributed by atoms with van der Waals surface area (Å²) in [4.78, 5) is 2.54. The Morgan fingerprint density at radius 2 is 1.88 bits per heavy atom. The van der Waals surface area contributed by atoms with Crippen LogP contribution in [0.15, 0.2) is 30.5 Å². The summed E-state index contributed by atoms with van der Waals surface area (Å²) in [6, 6.07) is 8.29. The highest BCUT2D eigenvalue weighted by Crippen LogP contribution is 2.19. The fraction of sp³-hybridized carbons (Fsp3) is 0.429. The molecular formula is C14H19N3. The van der Waals surface area contributed by atoms with Crippen molar-refractivity contribution in [3.05, 3.63) is 30.5 Å². The van der Waals surface area contributed by atoms with Gasteiger partial charge < -0.3 is 15.2 Å². The smallest absolute Gasteiger partial charge is 0.0482 e. The molecule has 1 aromatic carbocycles. The molecule has 2 heterocycles. The summed E-state index contributed by atoms with van der Waals surface area (Å²) >= 11 is 0. The maximum Gasteiger partial charge on any atom is 0.0482 e. The normalized spacial score (nSPS) is 16.9. The number of benzene rings is 1. The summed E-state index contributed by atoms with van der Waals surface area (Å²) < 4.78 is 2.33. The summed E-state index contributed by atoms with van der Waals surface area (Å²) in [6.07, 6.45) is 4.89. The van der Waals surface area contributed by atoms with Crippen LogP contribution in [0, 0.1) is 0 Å². The molecule has 3 heteroatoms. The standard InChI is InChI=1S/C14H19N3/c15-13-3-4-14-12(11-13)5-8-17(14)10-9-16-6-1-2-7-16/h3-5,8,11H,1-2,6-7,9-10,15H2. The maximum absolute atomic E-state index is 5.79. The lowest BCUT2D eigenvalue weighted by atomic mass is 10.2. The van der Waals surface area contributed by atoms with Crippen LogP contribution in [0.3, 0.4) is 0 Å². The van der Waals surface area contributed by atoms with Crippen LogP contribution in [0.25, 0.3) is 10.9 Å². The quantitative estimate of drug-likeness (QED) is 0.820. The maximum atomic E-state index is 5.79. The number of likely N-dealkylation sites (tertiary alicyclic amines) is 1. The fourth-order valence-corrected chi connectivity index (χ4v) is 2.67. The third kappa shape index (κ3) is 2.15. The number of hydrogen-bond donors (Lipinski definition) is 1. The molecule has 1 aliphatic rings. The molecule has 0 saturated carbocycles. The number of rotatable bonds is 3. The first-order valence-electron chi connectivity index (χ1n) is 6.40. The van der Waals surface area contributed by atoms with Gasteiger partial charge in [0, 0.05) is 35.9 Å². The van der Waals surface area contributed by atoms with Crippen molar-refractivity contribution in [1.82, 2.24) is 9.47 Å². The Labute approximate surface area is 102 Å². The van der Waals surface area contributed by atoms with Gasteiger partial charge in [0.15, 0.2) is 0 Å². The largest absolute Gasteiger partial charge is 0.399 e. The third-order valence-electron chi connectivity index (χ3n) is 3.65. The molecule has 1 aromatic heterocycles. The van der Waals surface area contributed by atoms with Crippen molar-refractivity contribution in [3.8, 4) is 0 Å². The first kappa shape index (κ1) is 10.7. The molecule has 2 aromatic rings. The molecule has 17 heavy (non-hydrogen) atoms. The Morgan fingerprint density at radius 3 is 2.71 bits per heavy atom. The predicted molar refractivity (Wildman–Crippen MR) is 72.0 cm³/mol. The highest BCUT2D eigenvalue weighted by atomic mass is 15.2. The molecular weight excluding hydrogens is 210 g/mol. The summed E-state index contributed by atoms with van der Waals surface area (Å²) in [7, 11) is 0. The molecule has 0 radical (unpaired) electrons. The number of nitrogen functional groups attached to an aromatic ring is 1. The molecule has 0 bridgehead atoms. The SMILES string of the molecule is Nc1ccc2c(ccn2CCN2CCCC2)c1. The molecule has 0 amide bonds. The van der Waals surface area contributed by atoms with Crippen molar-refractivity contribution in [2.75, 3.05) is 25.4 Å². The average molecular weight is 229 g/mol. The highest BCUT2D eigenvalue weighted by Gasteiger charge is 2.11. The minimum Gasteiger partial charge on any atom is -0.399 e. The third-order valence-corrected chi connectivity index (χ3v) is 3.65. The second-order valence-electron chi connectivity index (χ2n) is 4.88. The number of fused-ring (bicyclic) bond motifs is 1. The minimum atomic E-state index is 0.842. The van der Waals surface area contributed by atoms with E-state index in [0.29, 0.717) is 0 Å². The van der Waals surface area contributed by atoms with Crippen LogP contribution in [0.2, 0.25) is 0 Å². The average Bonchev–Trinajstić information content (AvgIpc) is 2.94. The molecule has 0 aliphatic carbocycles. The Kier molecular flexibility index (Phi) is 2.77. The molecule has 0 spiro atoms. The molecule has 0 atom stereocenters. The molecule has 3 nitrogen and oxygen atoms in total. The van der Waals surface area contributed by atoms with Crippen molar-refractivity contribution >= 4 is 16.6 Å². The van der Waals surface area contributed by atoms with E-state index in [0.717, 1.165) is 18.8 Å². The molecule has 1 saturated heterocycles. The van der Waals surface area contributed by atoms with Crippen LogP contribution in [-0.2, 0) is 6.54 Å². The number of nitrogens with two attached hydrogens (primary N) is 1.